The van der Waals surface area contributed by atoms with Gasteiger partial charge in [-0.1, -0.05) is 30.1 Å². The molecular weight excluding hydrogens is 485 g/mol. The first-order chi connectivity index (χ1) is 14.5. The van der Waals surface area contributed by atoms with E-state index >= 15 is 0 Å². The molecule has 0 radical (unpaired) electrons. The SMILES string of the molecule is CCC(C(=O)NS(C)(=O)=O)N1C(=O)C(=Cc2ccc(-c3ccc(Cl)c(Cl)c3)o2)NC1=S. The molecule has 2 N–H and O–H groups in total. The van der Waals surface area contributed by atoms with Crippen molar-refractivity contribution < 1.29 is 22.4 Å². The summed E-state index contributed by atoms with van der Waals surface area (Å²) in [5, 5.41) is 3.52. The molecule has 0 aliphatic carbocycles. The molecule has 1 aromatic heterocycles. The molecule has 1 aliphatic rings. The maximum absolute atomic E-state index is 12.9. The van der Waals surface area contributed by atoms with Crippen LogP contribution in [0.1, 0.15) is 19.1 Å². The van der Waals surface area contributed by atoms with Crippen LogP contribution in [0.5, 0.6) is 0 Å². The standard InChI is InChI=1S/C19H17Cl2N3O5S2/c1-3-15(17(25)23-31(2,27)28)24-18(26)14(22-19(24)30)9-11-5-7-16(29-11)10-4-6-12(20)13(21)8-10/h4-9,15H,3H2,1-2H3,(H,22,30)(H,23,25). The number of furan rings is 1. The summed E-state index contributed by atoms with van der Waals surface area (Å²) in [5.41, 5.74) is 0.788. The van der Waals surface area contributed by atoms with Crippen LogP contribution in [-0.4, -0.2) is 42.5 Å². The number of rotatable bonds is 6. The average Bonchev–Trinajstić information content (AvgIpc) is 3.23. The highest BCUT2D eigenvalue weighted by molar-refractivity contribution is 7.89. The van der Waals surface area contributed by atoms with Crippen molar-refractivity contribution in [1.82, 2.24) is 14.9 Å². The summed E-state index contributed by atoms with van der Waals surface area (Å²) >= 11 is 17.2. The van der Waals surface area contributed by atoms with E-state index in [-0.39, 0.29) is 17.2 Å². The fourth-order valence-electron chi connectivity index (χ4n) is 2.94. The number of carbonyl (C=O) groups is 2. The van der Waals surface area contributed by atoms with Crippen molar-refractivity contribution >= 4 is 68.4 Å². The predicted molar refractivity (Wildman–Crippen MR) is 122 cm³/mol. The molecule has 8 nitrogen and oxygen atoms in total. The molecule has 164 valence electrons. The van der Waals surface area contributed by atoms with Gasteiger partial charge in [0.2, 0.25) is 10.0 Å². The van der Waals surface area contributed by atoms with E-state index in [4.69, 9.17) is 39.8 Å². The average molecular weight is 502 g/mol. The van der Waals surface area contributed by atoms with E-state index in [2.05, 4.69) is 5.32 Å². The van der Waals surface area contributed by atoms with E-state index in [1.54, 1.807) is 37.3 Å². The first kappa shape index (κ1) is 23.3. The molecule has 2 amide bonds. The lowest BCUT2D eigenvalue weighted by Crippen LogP contribution is -2.50. The highest BCUT2D eigenvalue weighted by Gasteiger charge is 2.39. The molecule has 1 unspecified atom stereocenters. The maximum Gasteiger partial charge on any atom is 0.277 e. The molecule has 0 spiro atoms. The third-order valence-corrected chi connectivity index (χ3v) is 5.92. The number of benzene rings is 1. The zero-order valence-corrected chi connectivity index (χ0v) is 19.5. The number of nitrogens with zero attached hydrogens (tertiary/aromatic N) is 1. The smallest absolute Gasteiger partial charge is 0.277 e. The van der Waals surface area contributed by atoms with Gasteiger partial charge in [0.15, 0.2) is 5.11 Å². The van der Waals surface area contributed by atoms with Crippen LogP contribution in [0.4, 0.5) is 0 Å². The zero-order valence-electron chi connectivity index (χ0n) is 16.3. The highest BCUT2D eigenvalue weighted by Crippen LogP contribution is 2.30. The first-order valence-electron chi connectivity index (χ1n) is 8.93. The molecule has 3 rings (SSSR count). The van der Waals surface area contributed by atoms with Gasteiger partial charge >= 0.3 is 0 Å². The van der Waals surface area contributed by atoms with E-state index in [0.717, 1.165) is 11.2 Å². The van der Waals surface area contributed by atoms with Gasteiger partial charge in [-0.2, -0.15) is 0 Å². The second-order valence-electron chi connectivity index (χ2n) is 6.66. The Morgan fingerprint density at radius 1 is 1.29 bits per heavy atom. The Bertz CT molecular complexity index is 1210. The minimum absolute atomic E-state index is 0.0111. The summed E-state index contributed by atoms with van der Waals surface area (Å²) in [4.78, 5) is 26.2. The number of sulfonamides is 1. The quantitative estimate of drug-likeness (QED) is 0.462. The van der Waals surface area contributed by atoms with Crippen molar-refractivity contribution in [3.63, 3.8) is 0 Å². The third-order valence-electron chi connectivity index (χ3n) is 4.31. The van der Waals surface area contributed by atoms with Crippen LogP contribution in [0, 0.1) is 0 Å². The fraction of sp³-hybridized carbons (Fsp3) is 0.211. The molecule has 12 heteroatoms. The second kappa shape index (κ2) is 8.99. The van der Waals surface area contributed by atoms with Gasteiger partial charge in [-0.3, -0.25) is 19.2 Å². The van der Waals surface area contributed by atoms with Gasteiger partial charge in [-0.05, 0) is 49.0 Å². The Kier molecular flexibility index (Phi) is 6.75. The number of amides is 2. The fourth-order valence-corrected chi connectivity index (χ4v) is 4.06. The van der Waals surface area contributed by atoms with Gasteiger partial charge in [-0.25, -0.2) is 8.42 Å². The lowest BCUT2D eigenvalue weighted by atomic mass is 10.2. The molecule has 31 heavy (non-hydrogen) atoms. The molecule has 1 aromatic carbocycles. The van der Waals surface area contributed by atoms with Crippen LogP contribution in [-0.2, 0) is 19.6 Å². The normalized spacial score (nSPS) is 16.5. The lowest BCUT2D eigenvalue weighted by Gasteiger charge is -2.23. The molecule has 2 aromatic rings. The number of halogens is 2. The number of nitrogens with one attached hydrogen (secondary N) is 2. The number of carbonyl (C=O) groups excluding carboxylic acids is 2. The van der Waals surface area contributed by atoms with E-state index in [9.17, 15) is 18.0 Å². The van der Waals surface area contributed by atoms with Crippen molar-refractivity contribution in [3.05, 3.63) is 51.8 Å². The van der Waals surface area contributed by atoms with Gasteiger partial charge < -0.3 is 9.73 Å². The van der Waals surface area contributed by atoms with Gasteiger partial charge in [-0.15, -0.1) is 0 Å². The Labute approximate surface area is 194 Å². The third kappa shape index (κ3) is 5.27. The van der Waals surface area contributed by atoms with E-state index in [1.165, 1.54) is 6.08 Å². The summed E-state index contributed by atoms with van der Waals surface area (Å²) in [6.07, 6.45) is 2.45. The van der Waals surface area contributed by atoms with Crippen LogP contribution in [0.3, 0.4) is 0 Å². The molecule has 1 atom stereocenters. The van der Waals surface area contributed by atoms with Crippen molar-refractivity contribution in [1.29, 1.82) is 0 Å². The van der Waals surface area contributed by atoms with Gasteiger partial charge in [0.25, 0.3) is 11.8 Å². The van der Waals surface area contributed by atoms with Gasteiger partial charge in [0.1, 0.15) is 23.3 Å². The first-order valence-corrected chi connectivity index (χ1v) is 12.0. The highest BCUT2D eigenvalue weighted by atomic mass is 35.5. The summed E-state index contributed by atoms with van der Waals surface area (Å²) in [7, 11) is -3.78. The second-order valence-corrected chi connectivity index (χ2v) is 9.61. The topological polar surface area (TPSA) is 109 Å². The molecule has 1 aliphatic heterocycles. The predicted octanol–water partition coefficient (Wildman–Crippen LogP) is 3.17. The van der Waals surface area contributed by atoms with E-state index < -0.39 is 27.9 Å². The summed E-state index contributed by atoms with van der Waals surface area (Å²) in [5.74, 6) is -0.555. The van der Waals surface area contributed by atoms with Crippen LogP contribution >= 0.6 is 35.4 Å². The molecule has 1 saturated heterocycles. The molecule has 1 fully saturated rings. The molecular formula is C19H17Cl2N3O5S2. The van der Waals surface area contributed by atoms with Gasteiger partial charge in [0, 0.05) is 11.6 Å². The van der Waals surface area contributed by atoms with Crippen molar-refractivity contribution in [2.75, 3.05) is 6.26 Å². The van der Waals surface area contributed by atoms with Crippen molar-refractivity contribution in [2.45, 2.75) is 19.4 Å². The lowest BCUT2D eigenvalue weighted by molar-refractivity contribution is -0.131. The minimum atomic E-state index is -3.78. The monoisotopic (exact) mass is 501 g/mol. The number of hydrogen-bond acceptors (Lipinski definition) is 6. The summed E-state index contributed by atoms with van der Waals surface area (Å²) in [6, 6.07) is 7.31. The molecule has 0 saturated carbocycles. The number of hydrogen-bond donors (Lipinski definition) is 2. The molecule has 0 bridgehead atoms. The summed E-state index contributed by atoms with van der Waals surface area (Å²) in [6.45, 7) is 1.64. The Morgan fingerprint density at radius 3 is 2.61 bits per heavy atom. The van der Waals surface area contributed by atoms with E-state index in [1.807, 2.05) is 4.72 Å². The van der Waals surface area contributed by atoms with Crippen LogP contribution in [0.2, 0.25) is 10.0 Å². The Balaban J connectivity index is 1.84. The van der Waals surface area contributed by atoms with Gasteiger partial charge in [0.05, 0.1) is 16.3 Å². The Morgan fingerprint density at radius 2 is 2.00 bits per heavy atom. The largest absolute Gasteiger partial charge is 0.457 e. The maximum atomic E-state index is 12.9. The summed E-state index contributed by atoms with van der Waals surface area (Å²) < 4.78 is 30.4. The minimum Gasteiger partial charge on any atom is -0.457 e. The van der Waals surface area contributed by atoms with E-state index in [0.29, 0.717) is 27.1 Å². The Hall–Kier alpha value is -2.40. The van der Waals surface area contributed by atoms with Crippen molar-refractivity contribution in [2.24, 2.45) is 0 Å². The number of thiocarbonyl (C=S) groups is 1. The van der Waals surface area contributed by atoms with Crippen LogP contribution < -0.4 is 10.0 Å². The van der Waals surface area contributed by atoms with Crippen molar-refractivity contribution in [3.8, 4) is 11.3 Å². The zero-order chi connectivity index (χ0) is 22.9. The molecule has 2 heterocycles. The van der Waals surface area contributed by atoms with Crippen LogP contribution in [0.15, 0.2) is 40.4 Å². The van der Waals surface area contributed by atoms with Crippen LogP contribution in [0.25, 0.3) is 17.4 Å².